The monoisotopic (exact) mass is 291 g/mol. The van der Waals surface area contributed by atoms with E-state index in [4.69, 9.17) is 0 Å². The third-order valence-corrected chi connectivity index (χ3v) is 3.34. The van der Waals surface area contributed by atoms with Gasteiger partial charge in [0.05, 0.1) is 12.9 Å². The maximum absolute atomic E-state index is 12.2. The highest BCUT2D eigenvalue weighted by molar-refractivity contribution is 5.88. The molecule has 0 radical (unpaired) electrons. The van der Waals surface area contributed by atoms with E-state index >= 15 is 0 Å². The Bertz CT molecular complexity index is 620. The van der Waals surface area contributed by atoms with Crippen molar-refractivity contribution in [3.8, 4) is 0 Å². The number of carbonyl (C=O) groups excluding carboxylic acids is 1. The summed E-state index contributed by atoms with van der Waals surface area (Å²) in [6, 6.07) is 0. The molecule has 2 aromatic rings. The van der Waals surface area contributed by atoms with Crippen LogP contribution in [0.4, 0.5) is 11.8 Å². The lowest BCUT2D eigenvalue weighted by molar-refractivity contribution is -0.129. The molecule has 0 aliphatic rings. The number of carbonyl (C=O) groups is 1. The Morgan fingerprint density at radius 3 is 2.67 bits per heavy atom. The van der Waals surface area contributed by atoms with Crippen molar-refractivity contribution in [2.45, 2.75) is 13.8 Å². The molecule has 8 heteroatoms. The summed E-state index contributed by atoms with van der Waals surface area (Å²) in [5, 5.41) is 2.90. The number of amides is 1. The molecule has 114 valence electrons. The zero-order valence-electron chi connectivity index (χ0n) is 12.8. The zero-order chi connectivity index (χ0) is 15.4. The second-order valence-corrected chi connectivity index (χ2v) is 4.64. The van der Waals surface area contributed by atoms with Gasteiger partial charge in [0.1, 0.15) is 5.52 Å². The number of imidazole rings is 1. The van der Waals surface area contributed by atoms with Gasteiger partial charge >= 0.3 is 0 Å². The largest absolute Gasteiger partial charge is 0.357 e. The standard InChI is InChI=1S/C13H21N7O/c1-5-20(6-2)9(21)7-19(4)12-10-11(16-8-15-10)17-13(14-3)18-12/h8H,5-7H2,1-4H3,(H2,14,15,16,17,18). The van der Waals surface area contributed by atoms with E-state index in [1.54, 1.807) is 18.3 Å². The van der Waals surface area contributed by atoms with Crippen LogP contribution < -0.4 is 10.2 Å². The normalized spacial score (nSPS) is 10.7. The van der Waals surface area contributed by atoms with Gasteiger partial charge in [-0.25, -0.2) is 4.98 Å². The van der Waals surface area contributed by atoms with E-state index in [9.17, 15) is 4.79 Å². The number of hydrogen-bond acceptors (Lipinski definition) is 6. The lowest BCUT2D eigenvalue weighted by atomic mass is 10.4. The molecule has 0 saturated heterocycles. The molecule has 21 heavy (non-hydrogen) atoms. The summed E-state index contributed by atoms with van der Waals surface area (Å²) in [6.07, 6.45) is 1.57. The van der Waals surface area contributed by atoms with Gasteiger partial charge in [-0.1, -0.05) is 0 Å². The number of aromatic amines is 1. The van der Waals surface area contributed by atoms with E-state index < -0.39 is 0 Å². The molecule has 0 saturated carbocycles. The highest BCUT2D eigenvalue weighted by atomic mass is 16.2. The first-order valence-electron chi connectivity index (χ1n) is 6.98. The number of rotatable bonds is 6. The fourth-order valence-corrected chi connectivity index (χ4v) is 2.16. The van der Waals surface area contributed by atoms with Crippen LogP contribution >= 0.6 is 0 Å². The van der Waals surface area contributed by atoms with Gasteiger partial charge in [0, 0.05) is 27.2 Å². The molecule has 0 spiro atoms. The molecule has 2 N–H and O–H groups in total. The Morgan fingerprint density at radius 1 is 1.33 bits per heavy atom. The van der Waals surface area contributed by atoms with Gasteiger partial charge in [0.2, 0.25) is 11.9 Å². The predicted molar refractivity (Wildman–Crippen MR) is 82.4 cm³/mol. The van der Waals surface area contributed by atoms with Crippen LogP contribution in [0.25, 0.3) is 11.2 Å². The average Bonchev–Trinajstić information content (AvgIpc) is 2.95. The Kier molecular flexibility index (Phi) is 4.56. The smallest absolute Gasteiger partial charge is 0.242 e. The minimum Gasteiger partial charge on any atom is -0.357 e. The van der Waals surface area contributed by atoms with Crippen LogP contribution in [0, 0.1) is 0 Å². The molecule has 0 aromatic carbocycles. The third kappa shape index (κ3) is 3.04. The molecule has 0 atom stereocenters. The summed E-state index contributed by atoms with van der Waals surface area (Å²) in [4.78, 5) is 31.7. The summed E-state index contributed by atoms with van der Waals surface area (Å²) in [5.74, 6) is 1.20. The van der Waals surface area contributed by atoms with Gasteiger partial charge in [0.15, 0.2) is 11.5 Å². The van der Waals surface area contributed by atoms with Crippen molar-refractivity contribution in [2.75, 3.05) is 43.9 Å². The predicted octanol–water partition coefficient (Wildman–Crippen LogP) is 0.699. The maximum atomic E-state index is 12.2. The number of nitrogens with one attached hydrogen (secondary N) is 2. The number of fused-ring (bicyclic) bond motifs is 1. The van der Waals surface area contributed by atoms with Crippen molar-refractivity contribution in [3.63, 3.8) is 0 Å². The highest BCUT2D eigenvalue weighted by Crippen LogP contribution is 2.21. The van der Waals surface area contributed by atoms with Gasteiger partial charge < -0.3 is 20.1 Å². The first-order valence-corrected chi connectivity index (χ1v) is 6.98. The first kappa shape index (κ1) is 15.0. The topological polar surface area (TPSA) is 90.0 Å². The molecule has 0 unspecified atom stereocenters. The fourth-order valence-electron chi connectivity index (χ4n) is 2.16. The van der Waals surface area contributed by atoms with Crippen LogP contribution in [-0.2, 0) is 4.79 Å². The number of aromatic nitrogens is 4. The Hall–Kier alpha value is -2.38. The van der Waals surface area contributed by atoms with Gasteiger partial charge in [0.25, 0.3) is 0 Å². The Balaban J connectivity index is 2.28. The Morgan fingerprint density at radius 2 is 2.05 bits per heavy atom. The van der Waals surface area contributed by atoms with Crippen LogP contribution in [0.5, 0.6) is 0 Å². The van der Waals surface area contributed by atoms with Crippen molar-refractivity contribution < 1.29 is 4.79 Å². The summed E-state index contributed by atoms with van der Waals surface area (Å²) < 4.78 is 0. The minimum absolute atomic E-state index is 0.0692. The van der Waals surface area contributed by atoms with Gasteiger partial charge in [-0.05, 0) is 13.8 Å². The van der Waals surface area contributed by atoms with Crippen molar-refractivity contribution in [2.24, 2.45) is 0 Å². The van der Waals surface area contributed by atoms with E-state index in [0.717, 1.165) is 5.52 Å². The van der Waals surface area contributed by atoms with Crippen molar-refractivity contribution in [1.82, 2.24) is 24.8 Å². The van der Waals surface area contributed by atoms with Gasteiger partial charge in [-0.15, -0.1) is 0 Å². The number of nitrogens with zero attached hydrogens (tertiary/aromatic N) is 5. The van der Waals surface area contributed by atoms with Crippen LogP contribution in [0.1, 0.15) is 13.8 Å². The van der Waals surface area contributed by atoms with E-state index in [1.807, 2.05) is 25.8 Å². The summed E-state index contributed by atoms with van der Waals surface area (Å²) in [5.41, 5.74) is 1.30. The van der Waals surface area contributed by atoms with Crippen molar-refractivity contribution >= 4 is 28.8 Å². The molecular weight excluding hydrogens is 270 g/mol. The highest BCUT2D eigenvalue weighted by Gasteiger charge is 2.17. The van der Waals surface area contributed by atoms with Crippen LogP contribution in [0.3, 0.4) is 0 Å². The Labute approximate surface area is 123 Å². The van der Waals surface area contributed by atoms with Crippen LogP contribution in [-0.4, -0.2) is 64.5 Å². The SMILES string of the molecule is CCN(CC)C(=O)CN(C)c1nc(NC)nc2nc[nH]c12. The second-order valence-electron chi connectivity index (χ2n) is 4.64. The second kappa shape index (κ2) is 6.38. The molecule has 2 heterocycles. The molecule has 0 bridgehead atoms. The molecule has 1 amide bonds. The van der Waals surface area contributed by atoms with Gasteiger partial charge in [-0.3, -0.25) is 4.79 Å². The molecule has 0 aliphatic heterocycles. The average molecular weight is 291 g/mol. The first-order chi connectivity index (χ1) is 10.1. The van der Waals surface area contributed by atoms with Crippen LogP contribution in [0.15, 0.2) is 6.33 Å². The zero-order valence-corrected chi connectivity index (χ0v) is 12.8. The number of hydrogen-bond donors (Lipinski definition) is 2. The number of anilines is 2. The molecule has 2 rings (SSSR count). The molecule has 0 aliphatic carbocycles. The number of H-pyrrole nitrogens is 1. The van der Waals surface area contributed by atoms with Crippen molar-refractivity contribution in [3.05, 3.63) is 6.33 Å². The minimum atomic E-state index is 0.0692. The van der Waals surface area contributed by atoms with E-state index in [-0.39, 0.29) is 12.5 Å². The summed E-state index contributed by atoms with van der Waals surface area (Å²) >= 11 is 0. The van der Waals surface area contributed by atoms with E-state index in [0.29, 0.717) is 30.5 Å². The van der Waals surface area contributed by atoms with Crippen molar-refractivity contribution in [1.29, 1.82) is 0 Å². The number of likely N-dealkylation sites (N-methyl/N-ethyl adjacent to an activating group) is 2. The van der Waals surface area contributed by atoms with Gasteiger partial charge in [-0.2, -0.15) is 9.97 Å². The molecule has 2 aromatic heterocycles. The lowest BCUT2D eigenvalue weighted by Crippen LogP contribution is -2.39. The molecule has 8 nitrogen and oxygen atoms in total. The lowest BCUT2D eigenvalue weighted by Gasteiger charge is -2.24. The molecular formula is C13H21N7O. The third-order valence-electron chi connectivity index (χ3n) is 3.34. The quantitative estimate of drug-likeness (QED) is 0.814. The summed E-state index contributed by atoms with van der Waals surface area (Å²) in [7, 11) is 3.59. The van der Waals surface area contributed by atoms with E-state index in [2.05, 4.69) is 25.3 Å². The van der Waals surface area contributed by atoms with E-state index in [1.165, 1.54) is 0 Å². The maximum Gasteiger partial charge on any atom is 0.242 e. The molecule has 0 fully saturated rings. The van der Waals surface area contributed by atoms with Crippen LogP contribution in [0.2, 0.25) is 0 Å². The summed E-state index contributed by atoms with van der Waals surface area (Å²) in [6.45, 7) is 5.61. The fraction of sp³-hybridized carbons (Fsp3) is 0.538.